The fourth-order valence-corrected chi connectivity index (χ4v) is 2.88. The molecule has 1 aromatic rings. The van der Waals surface area contributed by atoms with Crippen LogP contribution in [0.25, 0.3) is 0 Å². The van der Waals surface area contributed by atoms with E-state index in [0.717, 1.165) is 20.6 Å². The first kappa shape index (κ1) is 19.0. The van der Waals surface area contributed by atoms with Crippen molar-refractivity contribution in [2.75, 3.05) is 17.1 Å². The molecule has 1 rings (SSSR count). The Kier molecular flexibility index (Phi) is 6.43. The number of sulfonamides is 1. The number of benzene rings is 1. The van der Waals surface area contributed by atoms with Gasteiger partial charge in [0.2, 0.25) is 15.9 Å². The summed E-state index contributed by atoms with van der Waals surface area (Å²) >= 11 is 3.38. The van der Waals surface area contributed by atoms with Gasteiger partial charge in [-0.3, -0.25) is 9.10 Å². The number of carbonyl (C=O) groups excluding carboxylic acids is 1. The maximum Gasteiger partial charge on any atom is 0.240 e. The Morgan fingerprint density at radius 1 is 1.32 bits per heavy atom. The second-order valence-corrected chi connectivity index (χ2v) is 8.56. The molecule has 0 unspecified atom stereocenters. The number of hydrogen-bond acceptors (Lipinski definition) is 3. The van der Waals surface area contributed by atoms with Crippen molar-refractivity contribution >= 4 is 37.5 Å². The van der Waals surface area contributed by atoms with Crippen molar-refractivity contribution in [3.8, 4) is 0 Å². The molecule has 0 fully saturated rings. The van der Waals surface area contributed by atoms with Crippen LogP contribution in [0.15, 0.2) is 22.7 Å². The Morgan fingerprint density at radius 3 is 2.36 bits per heavy atom. The first-order valence-electron chi connectivity index (χ1n) is 7.05. The van der Waals surface area contributed by atoms with Crippen molar-refractivity contribution in [1.82, 2.24) is 5.32 Å². The Morgan fingerprint density at radius 2 is 1.91 bits per heavy atom. The zero-order valence-electron chi connectivity index (χ0n) is 13.6. The highest BCUT2D eigenvalue weighted by molar-refractivity contribution is 9.10. The average molecular weight is 391 g/mol. The maximum atomic E-state index is 12.1. The molecule has 0 aliphatic heterocycles. The van der Waals surface area contributed by atoms with Crippen LogP contribution in [0.4, 0.5) is 5.69 Å². The number of anilines is 1. The average Bonchev–Trinajstić information content (AvgIpc) is 2.38. The molecule has 22 heavy (non-hydrogen) atoms. The summed E-state index contributed by atoms with van der Waals surface area (Å²) in [5.74, 6) is -0.0299. The van der Waals surface area contributed by atoms with Gasteiger partial charge in [-0.25, -0.2) is 8.42 Å². The van der Waals surface area contributed by atoms with Crippen LogP contribution in [0.1, 0.15) is 26.3 Å². The summed E-state index contributed by atoms with van der Waals surface area (Å²) in [6, 6.07) is 5.18. The minimum atomic E-state index is -3.54. The van der Waals surface area contributed by atoms with E-state index in [0.29, 0.717) is 5.69 Å². The van der Waals surface area contributed by atoms with Crippen LogP contribution in [0, 0.1) is 12.8 Å². The molecule has 0 aliphatic carbocycles. The predicted octanol–water partition coefficient (Wildman–Crippen LogP) is 2.68. The number of rotatable bonds is 6. The molecule has 5 nitrogen and oxygen atoms in total. The number of hydrogen-bond donors (Lipinski definition) is 1. The standard InChI is InChI=1S/C15H23BrN2O3S/c1-10(2)12(4)17-15(19)9-18(22(5,20)21)13-6-7-14(16)11(3)8-13/h6-8,10,12H,9H2,1-5H3,(H,17,19)/t12-/m1/s1. The first-order chi connectivity index (χ1) is 10.0. The summed E-state index contributed by atoms with van der Waals surface area (Å²) in [7, 11) is -3.54. The molecule has 1 amide bonds. The van der Waals surface area contributed by atoms with Crippen molar-refractivity contribution in [2.45, 2.75) is 33.7 Å². The number of halogens is 1. The van der Waals surface area contributed by atoms with E-state index in [1.54, 1.807) is 18.2 Å². The molecule has 0 aliphatic rings. The normalized spacial score (nSPS) is 13.0. The molecule has 124 valence electrons. The van der Waals surface area contributed by atoms with Crippen molar-refractivity contribution in [2.24, 2.45) is 5.92 Å². The maximum absolute atomic E-state index is 12.1. The van der Waals surface area contributed by atoms with E-state index >= 15 is 0 Å². The van der Waals surface area contributed by atoms with Gasteiger partial charge in [0.05, 0.1) is 11.9 Å². The van der Waals surface area contributed by atoms with E-state index in [1.165, 1.54) is 0 Å². The number of nitrogens with zero attached hydrogens (tertiary/aromatic N) is 1. The van der Waals surface area contributed by atoms with Gasteiger partial charge < -0.3 is 5.32 Å². The second kappa shape index (κ2) is 7.46. The van der Waals surface area contributed by atoms with Gasteiger partial charge in [0.25, 0.3) is 0 Å². The quantitative estimate of drug-likeness (QED) is 0.811. The highest BCUT2D eigenvalue weighted by Gasteiger charge is 2.22. The van der Waals surface area contributed by atoms with Gasteiger partial charge in [0.1, 0.15) is 6.54 Å². The van der Waals surface area contributed by atoms with Crippen LogP contribution < -0.4 is 9.62 Å². The summed E-state index contributed by atoms with van der Waals surface area (Å²) in [5, 5.41) is 2.82. The van der Waals surface area contributed by atoms with Crippen molar-refractivity contribution < 1.29 is 13.2 Å². The molecule has 0 saturated carbocycles. The van der Waals surface area contributed by atoms with Crippen LogP contribution in [0.2, 0.25) is 0 Å². The van der Waals surface area contributed by atoms with Crippen molar-refractivity contribution in [3.05, 3.63) is 28.2 Å². The minimum Gasteiger partial charge on any atom is -0.352 e. The highest BCUT2D eigenvalue weighted by atomic mass is 79.9. The molecule has 0 bridgehead atoms. The summed E-state index contributed by atoms with van der Waals surface area (Å²) in [5.41, 5.74) is 1.39. The molecule has 7 heteroatoms. The Hall–Kier alpha value is -1.08. The zero-order valence-corrected chi connectivity index (χ0v) is 16.0. The molecule has 0 radical (unpaired) electrons. The van der Waals surface area contributed by atoms with E-state index in [-0.39, 0.29) is 24.4 Å². The lowest BCUT2D eigenvalue weighted by atomic mass is 10.1. The molecule has 0 aromatic heterocycles. The number of aryl methyl sites for hydroxylation is 1. The summed E-state index contributed by atoms with van der Waals surface area (Å²) in [6.45, 7) is 7.54. The molecule has 0 heterocycles. The van der Waals surface area contributed by atoms with Crippen LogP contribution in [-0.2, 0) is 14.8 Å². The van der Waals surface area contributed by atoms with Gasteiger partial charge in [0, 0.05) is 10.5 Å². The molecular formula is C15H23BrN2O3S. The van der Waals surface area contributed by atoms with E-state index in [1.807, 2.05) is 27.7 Å². The van der Waals surface area contributed by atoms with Gasteiger partial charge in [-0.05, 0) is 43.5 Å². The summed E-state index contributed by atoms with van der Waals surface area (Å²) in [6.07, 6.45) is 1.10. The monoisotopic (exact) mass is 390 g/mol. The van der Waals surface area contributed by atoms with E-state index in [2.05, 4.69) is 21.2 Å². The van der Waals surface area contributed by atoms with Crippen LogP contribution in [0.3, 0.4) is 0 Å². The first-order valence-corrected chi connectivity index (χ1v) is 9.69. The van der Waals surface area contributed by atoms with Gasteiger partial charge in [-0.1, -0.05) is 29.8 Å². The van der Waals surface area contributed by atoms with Gasteiger partial charge in [0.15, 0.2) is 0 Å². The van der Waals surface area contributed by atoms with Crippen molar-refractivity contribution in [3.63, 3.8) is 0 Å². The molecular weight excluding hydrogens is 368 g/mol. The fraction of sp³-hybridized carbons (Fsp3) is 0.533. The third kappa shape index (κ3) is 5.28. The molecule has 1 N–H and O–H groups in total. The minimum absolute atomic E-state index is 0.0134. The predicted molar refractivity (Wildman–Crippen MR) is 93.5 cm³/mol. The smallest absolute Gasteiger partial charge is 0.240 e. The largest absolute Gasteiger partial charge is 0.352 e. The highest BCUT2D eigenvalue weighted by Crippen LogP contribution is 2.24. The van der Waals surface area contributed by atoms with E-state index in [4.69, 9.17) is 0 Å². The fourth-order valence-electron chi connectivity index (χ4n) is 1.78. The third-order valence-electron chi connectivity index (χ3n) is 3.51. The Bertz CT molecular complexity index is 644. The molecule has 1 atom stereocenters. The summed E-state index contributed by atoms with van der Waals surface area (Å²) < 4.78 is 26.0. The van der Waals surface area contributed by atoms with Gasteiger partial charge >= 0.3 is 0 Å². The van der Waals surface area contributed by atoms with Crippen LogP contribution in [0.5, 0.6) is 0 Å². The lowest BCUT2D eigenvalue weighted by molar-refractivity contribution is -0.120. The topological polar surface area (TPSA) is 66.5 Å². The molecule has 1 aromatic carbocycles. The van der Waals surface area contributed by atoms with Gasteiger partial charge in [-0.15, -0.1) is 0 Å². The van der Waals surface area contributed by atoms with Crippen LogP contribution in [-0.4, -0.2) is 33.2 Å². The van der Waals surface area contributed by atoms with E-state index < -0.39 is 10.0 Å². The van der Waals surface area contributed by atoms with Crippen LogP contribution >= 0.6 is 15.9 Å². The summed E-state index contributed by atoms with van der Waals surface area (Å²) in [4.78, 5) is 12.1. The molecule has 0 spiro atoms. The van der Waals surface area contributed by atoms with Crippen molar-refractivity contribution in [1.29, 1.82) is 0 Å². The third-order valence-corrected chi connectivity index (χ3v) is 5.54. The number of amides is 1. The lowest BCUT2D eigenvalue weighted by Crippen LogP contribution is -2.44. The van der Waals surface area contributed by atoms with E-state index in [9.17, 15) is 13.2 Å². The Balaban J connectivity index is 3.00. The lowest BCUT2D eigenvalue weighted by Gasteiger charge is -2.24. The number of nitrogens with one attached hydrogen (secondary N) is 1. The molecule has 0 saturated heterocycles. The zero-order chi connectivity index (χ0) is 17.1. The number of carbonyl (C=O) groups is 1. The second-order valence-electron chi connectivity index (χ2n) is 5.80. The Labute approximate surface area is 141 Å². The van der Waals surface area contributed by atoms with Gasteiger partial charge in [-0.2, -0.15) is 0 Å². The SMILES string of the molecule is Cc1cc(N(CC(=O)N[C@H](C)C(C)C)S(C)(=O)=O)ccc1Br.